The fourth-order valence-corrected chi connectivity index (χ4v) is 7.07. The molecule has 1 aromatic rings. The molecular formula is C15H16ClI3N2O8. The van der Waals surface area contributed by atoms with Crippen molar-refractivity contribution in [2.24, 2.45) is 0 Å². The van der Waals surface area contributed by atoms with Crippen LogP contribution in [0.2, 0.25) is 0 Å². The van der Waals surface area contributed by atoms with Gasteiger partial charge in [-0.25, -0.2) is 0 Å². The molecule has 0 fully saturated rings. The first kappa shape index (κ1) is 27.1. The normalized spacial score (nSPS) is 15.2. The van der Waals surface area contributed by atoms with Crippen molar-refractivity contribution in [1.29, 1.82) is 0 Å². The molecule has 0 saturated heterocycles. The number of carbonyl (C=O) groups excluding carboxylic acids is 3. The summed E-state index contributed by atoms with van der Waals surface area (Å²) in [4.78, 5) is 36.5. The van der Waals surface area contributed by atoms with E-state index in [9.17, 15) is 34.8 Å². The van der Waals surface area contributed by atoms with Crippen LogP contribution in [0.25, 0.3) is 0 Å². The Balaban J connectivity index is 3.41. The van der Waals surface area contributed by atoms with Crippen LogP contribution < -0.4 is 10.6 Å². The zero-order valence-corrected chi connectivity index (χ0v) is 21.7. The summed E-state index contributed by atoms with van der Waals surface area (Å²) in [6.45, 7) is -0.907. The highest BCUT2D eigenvalue weighted by molar-refractivity contribution is 14.1. The van der Waals surface area contributed by atoms with E-state index in [4.69, 9.17) is 16.7 Å². The van der Waals surface area contributed by atoms with Gasteiger partial charge in [0.1, 0.15) is 18.3 Å². The number of carbonyl (C=O) groups is 3. The molecule has 29 heavy (non-hydrogen) atoms. The fraction of sp³-hybridized carbons (Fsp3) is 0.400. The lowest BCUT2D eigenvalue weighted by molar-refractivity contribution is -0.144. The SMILES string of the molecule is CNC(=O)c1c(I)c(NC(=O)[C@H](O)[C@@H](O)[C@H](O)[C@H](O)CO)c(I)c(C(=O)Cl)c1I. The molecular weight excluding hydrogens is 752 g/mol. The molecule has 0 aliphatic rings. The molecule has 14 heteroatoms. The van der Waals surface area contributed by atoms with Crippen molar-refractivity contribution < 1.29 is 39.9 Å². The van der Waals surface area contributed by atoms with Crippen molar-refractivity contribution in [3.8, 4) is 0 Å². The zero-order chi connectivity index (χ0) is 22.6. The van der Waals surface area contributed by atoms with Crippen LogP contribution in [0.3, 0.4) is 0 Å². The second-order valence-electron chi connectivity index (χ2n) is 5.58. The first-order valence-electron chi connectivity index (χ1n) is 7.66. The monoisotopic (exact) mass is 768 g/mol. The Labute approximate surface area is 210 Å². The molecule has 0 bridgehead atoms. The quantitative estimate of drug-likeness (QED) is 0.138. The van der Waals surface area contributed by atoms with Crippen molar-refractivity contribution >= 4 is 102 Å². The van der Waals surface area contributed by atoms with E-state index in [1.807, 2.05) is 0 Å². The molecule has 0 aromatic heterocycles. The molecule has 0 saturated carbocycles. The topological polar surface area (TPSA) is 176 Å². The summed E-state index contributed by atoms with van der Waals surface area (Å²) in [5.41, 5.74) is 0.0230. The third-order valence-electron chi connectivity index (χ3n) is 3.74. The second-order valence-corrected chi connectivity index (χ2v) is 9.16. The van der Waals surface area contributed by atoms with E-state index in [0.29, 0.717) is 0 Å². The predicted molar refractivity (Wildman–Crippen MR) is 128 cm³/mol. The minimum atomic E-state index is -2.20. The Morgan fingerprint density at radius 3 is 1.93 bits per heavy atom. The number of hydrogen-bond donors (Lipinski definition) is 7. The highest BCUT2D eigenvalue weighted by Gasteiger charge is 2.35. The lowest BCUT2D eigenvalue weighted by atomic mass is 10.0. The molecule has 4 atom stereocenters. The second kappa shape index (κ2) is 11.7. The Kier molecular flexibility index (Phi) is 10.9. The predicted octanol–water partition coefficient (Wildman–Crippen LogP) is -0.387. The first-order valence-corrected chi connectivity index (χ1v) is 11.3. The van der Waals surface area contributed by atoms with Gasteiger partial charge in [0.2, 0.25) is 0 Å². The maximum atomic E-state index is 12.4. The van der Waals surface area contributed by atoms with E-state index in [1.54, 1.807) is 67.8 Å². The molecule has 10 nitrogen and oxygen atoms in total. The highest BCUT2D eigenvalue weighted by atomic mass is 127. The first-order chi connectivity index (χ1) is 13.4. The van der Waals surface area contributed by atoms with Crippen LogP contribution in [0, 0.1) is 10.7 Å². The molecule has 2 amide bonds. The van der Waals surface area contributed by atoms with Gasteiger partial charge in [-0.05, 0) is 79.4 Å². The third kappa shape index (κ3) is 6.09. The fourth-order valence-electron chi connectivity index (χ4n) is 2.15. The van der Waals surface area contributed by atoms with Crippen molar-refractivity contribution in [2.75, 3.05) is 19.0 Å². The van der Waals surface area contributed by atoms with E-state index >= 15 is 0 Å². The molecule has 1 aromatic carbocycles. The van der Waals surface area contributed by atoms with Gasteiger partial charge in [-0.2, -0.15) is 0 Å². The maximum absolute atomic E-state index is 12.4. The van der Waals surface area contributed by atoms with Gasteiger partial charge in [0.25, 0.3) is 17.1 Å². The number of hydrogen-bond acceptors (Lipinski definition) is 8. The highest BCUT2D eigenvalue weighted by Crippen LogP contribution is 2.36. The Morgan fingerprint density at radius 1 is 0.966 bits per heavy atom. The average molecular weight is 768 g/mol. The largest absolute Gasteiger partial charge is 0.394 e. The van der Waals surface area contributed by atoms with Gasteiger partial charge in [0.05, 0.1) is 30.6 Å². The Hall–Kier alpha value is 0.110. The summed E-state index contributed by atoms with van der Waals surface area (Å²) in [5.74, 6) is -1.73. The number of nitrogens with one attached hydrogen (secondary N) is 2. The summed E-state index contributed by atoms with van der Waals surface area (Å²) in [7, 11) is 1.38. The number of aliphatic hydroxyl groups excluding tert-OH is 5. The van der Waals surface area contributed by atoms with Crippen molar-refractivity contribution in [2.45, 2.75) is 24.4 Å². The van der Waals surface area contributed by atoms with Crippen LogP contribution in [0.15, 0.2) is 0 Å². The molecule has 0 aliphatic heterocycles. The lowest BCUT2D eigenvalue weighted by Gasteiger charge is -2.25. The van der Waals surface area contributed by atoms with Crippen molar-refractivity contribution in [3.05, 3.63) is 21.8 Å². The number of aliphatic hydroxyl groups is 5. The summed E-state index contributed by atoms with van der Waals surface area (Å²) in [5, 5.41) is 51.5. The van der Waals surface area contributed by atoms with E-state index in [2.05, 4.69) is 10.6 Å². The molecule has 162 valence electrons. The molecule has 1 rings (SSSR count). The number of anilines is 1. The standard InChI is InChI=1S/C15H16ClI3N2O8/c1-20-14(28)5-6(17)4(13(16)27)7(18)9(8(5)19)21-15(29)12(26)11(25)10(24)3(23)2-22/h3,10-12,22-26H,2H2,1H3,(H,20,28)(H,21,29)/t3-,10-,11+,12-/m1/s1. The zero-order valence-electron chi connectivity index (χ0n) is 14.5. The summed E-state index contributed by atoms with van der Waals surface area (Å²) in [6, 6.07) is 0. The summed E-state index contributed by atoms with van der Waals surface area (Å²) >= 11 is 10.9. The van der Waals surface area contributed by atoms with Gasteiger partial charge in [0, 0.05) is 10.6 Å². The van der Waals surface area contributed by atoms with E-state index in [0.717, 1.165) is 0 Å². The minimum absolute atomic E-state index is 0.0114. The average Bonchev–Trinajstić information content (AvgIpc) is 2.67. The molecule has 0 aliphatic carbocycles. The van der Waals surface area contributed by atoms with E-state index < -0.39 is 48.1 Å². The minimum Gasteiger partial charge on any atom is -0.394 e. The van der Waals surface area contributed by atoms with Crippen LogP contribution >= 0.6 is 79.4 Å². The lowest BCUT2D eigenvalue weighted by Crippen LogP contribution is -2.50. The smallest absolute Gasteiger partial charge is 0.256 e. The van der Waals surface area contributed by atoms with Gasteiger partial charge in [0.15, 0.2) is 6.10 Å². The molecule has 7 N–H and O–H groups in total. The molecule has 0 heterocycles. The van der Waals surface area contributed by atoms with Gasteiger partial charge in [-0.1, -0.05) is 0 Å². The van der Waals surface area contributed by atoms with Crippen LogP contribution in [-0.2, 0) is 4.79 Å². The maximum Gasteiger partial charge on any atom is 0.256 e. The number of rotatable bonds is 8. The number of amides is 2. The Bertz CT molecular complexity index is 825. The third-order valence-corrected chi connectivity index (χ3v) is 7.16. The summed E-state index contributed by atoms with van der Waals surface area (Å²) < 4.78 is 0.689. The van der Waals surface area contributed by atoms with Gasteiger partial charge in [-0.15, -0.1) is 0 Å². The van der Waals surface area contributed by atoms with Gasteiger partial charge < -0.3 is 36.2 Å². The number of benzene rings is 1. The molecule has 0 spiro atoms. The van der Waals surface area contributed by atoms with E-state index in [1.165, 1.54) is 7.05 Å². The van der Waals surface area contributed by atoms with Crippen LogP contribution in [0.5, 0.6) is 0 Å². The van der Waals surface area contributed by atoms with E-state index in [-0.39, 0.29) is 27.5 Å². The van der Waals surface area contributed by atoms with Gasteiger partial charge >= 0.3 is 0 Å². The Morgan fingerprint density at radius 2 is 1.48 bits per heavy atom. The molecule has 0 unspecified atom stereocenters. The number of halogens is 4. The van der Waals surface area contributed by atoms with Gasteiger partial charge in [-0.3, -0.25) is 14.4 Å². The summed E-state index contributed by atoms with van der Waals surface area (Å²) in [6.07, 6.45) is -8.11. The molecule has 0 radical (unpaired) electrons. The van der Waals surface area contributed by atoms with Crippen molar-refractivity contribution in [1.82, 2.24) is 5.32 Å². The van der Waals surface area contributed by atoms with Crippen LogP contribution in [0.4, 0.5) is 5.69 Å². The van der Waals surface area contributed by atoms with Crippen molar-refractivity contribution in [3.63, 3.8) is 0 Å². The van der Waals surface area contributed by atoms with Crippen LogP contribution in [-0.4, -0.2) is 80.7 Å². The van der Waals surface area contributed by atoms with Crippen LogP contribution in [0.1, 0.15) is 20.7 Å².